The van der Waals surface area contributed by atoms with Crippen molar-refractivity contribution in [2.75, 3.05) is 20.0 Å². The van der Waals surface area contributed by atoms with E-state index in [9.17, 15) is 5.11 Å². The van der Waals surface area contributed by atoms with Crippen LogP contribution in [0.3, 0.4) is 0 Å². The summed E-state index contributed by atoms with van der Waals surface area (Å²) in [6.45, 7) is 0. The van der Waals surface area contributed by atoms with Crippen molar-refractivity contribution in [3.8, 4) is 11.5 Å². The quantitative estimate of drug-likeness (QED) is 0.876. The van der Waals surface area contributed by atoms with Gasteiger partial charge in [-0.1, -0.05) is 6.07 Å². The smallest absolute Gasteiger partial charge is 0.161 e. The van der Waals surface area contributed by atoms with Crippen molar-refractivity contribution in [1.29, 1.82) is 0 Å². The minimum absolute atomic E-state index is 0.497. The summed E-state index contributed by atoms with van der Waals surface area (Å²) in [6.07, 6.45) is 2.28. The molecule has 2 rings (SSSR count). The van der Waals surface area contributed by atoms with Gasteiger partial charge >= 0.3 is 0 Å². The number of rotatable bonds is 4. The van der Waals surface area contributed by atoms with Crippen LogP contribution >= 0.6 is 0 Å². The molecule has 5 nitrogen and oxygen atoms in total. The zero-order valence-corrected chi connectivity index (χ0v) is 10.8. The second-order valence-corrected chi connectivity index (χ2v) is 4.02. The fraction of sp³-hybridized carbons (Fsp3) is 0.214. The molecule has 0 aliphatic heterocycles. The predicted molar refractivity (Wildman–Crippen MR) is 72.3 cm³/mol. The van der Waals surface area contributed by atoms with Gasteiger partial charge in [0.05, 0.1) is 14.2 Å². The first-order valence-corrected chi connectivity index (χ1v) is 5.76. The molecule has 0 spiro atoms. The van der Waals surface area contributed by atoms with Crippen molar-refractivity contribution in [3.63, 3.8) is 0 Å². The summed E-state index contributed by atoms with van der Waals surface area (Å²) in [5, 5.41) is 10.3. The summed E-state index contributed by atoms with van der Waals surface area (Å²) in [4.78, 5) is 3.97. The Morgan fingerprint density at radius 3 is 2.53 bits per heavy atom. The number of anilines is 1. The Kier molecular flexibility index (Phi) is 3.87. The van der Waals surface area contributed by atoms with Gasteiger partial charge < -0.3 is 20.3 Å². The Morgan fingerprint density at radius 2 is 1.89 bits per heavy atom. The molecule has 0 saturated carbocycles. The van der Waals surface area contributed by atoms with Crippen LogP contribution in [0.5, 0.6) is 11.5 Å². The normalized spacial score (nSPS) is 11.9. The topological polar surface area (TPSA) is 77.6 Å². The Bertz CT molecular complexity index is 572. The van der Waals surface area contributed by atoms with Gasteiger partial charge in [-0.2, -0.15) is 0 Å². The third-order valence-electron chi connectivity index (χ3n) is 2.91. The van der Waals surface area contributed by atoms with E-state index in [1.807, 2.05) is 0 Å². The molecule has 0 fully saturated rings. The maximum absolute atomic E-state index is 10.3. The molecule has 1 aromatic carbocycles. The van der Waals surface area contributed by atoms with Gasteiger partial charge in [-0.25, -0.2) is 0 Å². The van der Waals surface area contributed by atoms with Crippen LogP contribution in [0.15, 0.2) is 36.7 Å². The van der Waals surface area contributed by atoms with Crippen LogP contribution in [-0.2, 0) is 0 Å². The summed E-state index contributed by atoms with van der Waals surface area (Å²) >= 11 is 0. The molecule has 0 amide bonds. The summed E-state index contributed by atoms with van der Waals surface area (Å²) in [5.41, 5.74) is 7.56. The number of aromatic nitrogens is 1. The van der Waals surface area contributed by atoms with E-state index >= 15 is 0 Å². The van der Waals surface area contributed by atoms with Crippen molar-refractivity contribution >= 4 is 5.69 Å². The highest BCUT2D eigenvalue weighted by atomic mass is 16.5. The van der Waals surface area contributed by atoms with E-state index in [2.05, 4.69) is 4.98 Å². The van der Waals surface area contributed by atoms with Gasteiger partial charge in [0, 0.05) is 23.6 Å². The molecular formula is C14H16N2O3. The first-order valence-electron chi connectivity index (χ1n) is 5.76. The number of hydrogen-bond acceptors (Lipinski definition) is 5. The summed E-state index contributed by atoms with van der Waals surface area (Å²) in [5.74, 6) is 1.17. The summed E-state index contributed by atoms with van der Waals surface area (Å²) in [7, 11) is 3.11. The highest BCUT2D eigenvalue weighted by Gasteiger charge is 2.16. The molecule has 5 heteroatoms. The SMILES string of the molecule is COc1ccc(C(O)c2cnccc2N)cc1OC. The number of hydrogen-bond donors (Lipinski definition) is 2. The largest absolute Gasteiger partial charge is 0.493 e. The van der Waals surface area contributed by atoms with Crippen LogP contribution in [0.2, 0.25) is 0 Å². The third kappa shape index (κ3) is 2.61. The average Bonchev–Trinajstić information content (AvgIpc) is 2.46. The van der Waals surface area contributed by atoms with Gasteiger partial charge in [0.15, 0.2) is 11.5 Å². The number of ether oxygens (including phenoxy) is 2. The Hall–Kier alpha value is -2.27. The molecule has 2 aromatic rings. The maximum Gasteiger partial charge on any atom is 0.161 e. The molecule has 0 saturated heterocycles. The number of nitrogens with zero attached hydrogens (tertiary/aromatic N) is 1. The zero-order chi connectivity index (χ0) is 13.8. The van der Waals surface area contributed by atoms with Crippen molar-refractivity contribution in [1.82, 2.24) is 4.98 Å². The lowest BCUT2D eigenvalue weighted by Gasteiger charge is -2.15. The fourth-order valence-electron chi connectivity index (χ4n) is 1.85. The van der Waals surface area contributed by atoms with Crippen LogP contribution in [0.1, 0.15) is 17.2 Å². The van der Waals surface area contributed by atoms with Gasteiger partial charge in [-0.15, -0.1) is 0 Å². The molecule has 0 aliphatic carbocycles. The van der Waals surface area contributed by atoms with Gasteiger partial charge in [-0.05, 0) is 23.8 Å². The van der Waals surface area contributed by atoms with Gasteiger partial charge in [0.1, 0.15) is 6.10 Å². The lowest BCUT2D eigenvalue weighted by atomic mass is 10.0. The van der Waals surface area contributed by atoms with Crippen molar-refractivity contribution < 1.29 is 14.6 Å². The molecule has 1 aromatic heterocycles. The highest BCUT2D eigenvalue weighted by Crippen LogP contribution is 2.33. The number of pyridine rings is 1. The predicted octanol–water partition coefficient (Wildman–Crippen LogP) is 1.76. The van der Waals surface area contributed by atoms with E-state index in [1.165, 1.54) is 0 Å². The molecule has 1 heterocycles. The lowest BCUT2D eigenvalue weighted by Crippen LogP contribution is -2.05. The Balaban J connectivity index is 2.39. The van der Waals surface area contributed by atoms with E-state index in [0.29, 0.717) is 28.3 Å². The molecule has 0 bridgehead atoms. The van der Waals surface area contributed by atoms with Crippen LogP contribution in [0.25, 0.3) is 0 Å². The van der Waals surface area contributed by atoms with Crippen LogP contribution in [0, 0.1) is 0 Å². The molecule has 1 unspecified atom stereocenters. The number of nitrogen functional groups attached to an aromatic ring is 1. The number of methoxy groups -OCH3 is 2. The first-order chi connectivity index (χ1) is 9.17. The first kappa shape index (κ1) is 13.2. The zero-order valence-electron chi connectivity index (χ0n) is 10.8. The number of benzene rings is 1. The minimum Gasteiger partial charge on any atom is -0.493 e. The minimum atomic E-state index is -0.853. The van der Waals surface area contributed by atoms with Gasteiger partial charge in [0.2, 0.25) is 0 Å². The molecule has 19 heavy (non-hydrogen) atoms. The van der Waals surface area contributed by atoms with E-state index in [-0.39, 0.29) is 0 Å². The van der Waals surface area contributed by atoms with Crippen molar-refractivity contribution in [3.05, 3.63) is 47.8 Å². The number of aliphatic hydroxyl groups is 1. The average molecular weight is 260 g/mol. The van der Waals surface area contributed by atoms with Gasteiger partial charge in [-0.3, -0.25) is 4.98 Å². The van der Waals surface area contributed by atoms with Crippen molar-refractivity contribution in [2.45, 2.75) is 6.10 Å². The Morgan fingerprint density at radius 1 is 1.16 bits per heavy atom. The van der Waals surface area contributed by atoms with Crippen molar-refractivity contribution in [2.24, 2.45) is 0 Å². The number of aliphatic hydroxyl groups excluding tert-OH is 1. The second kappa shape index (κ2) is 5.58. The fourth-order valence-corrected chi connectivity index (χ4v) is 1.85. The van der Waals surface area contributed by atoms with E-state index in [4.69, 9.17) is 15.2 Å². The molecule has 0 radical (unpaired) electrons. The third-order valence-corrected chi connectivity index (χ3v) is 2.91. The lowest BCUT2D eigenvalue weighted by molar-refractivity contribution is 0.220. The summed E-state index contributed by atoms with van der Waals surface area (Å²) < 4.78 is 10.4. The number of nitrogens with two attached hydrogens (primary N) is 1. The highest BCUT2D eigenvalue weighted by molar-refractivity contribution is 5.51. The second-order valence-electron chi connectivity index (χ2n) is 4.02. The molecule has 100 valence electrons. The van der Waals surface area contributed by atoms with Crippen LogP contribution < -0.4 is 15.2 Å². The monoisotopic (exact) mass is 260 g/mol. The maximum atomic E-state index is 10.3. The molecule has 1 atom stereocenters. The van der Waals surface area contributed by atoms with Crippen LogP contribution in [-0.4, -0.2) is 24.3 Å². The van der Waals surface area contributed by atoms with Crippen LogP contribution in [0.4, 0.5) is 5.69 Å². The molecule has 3 N–H and O–H groups in total. The summed E-state index contributed by atoms with van der Waals surface area (Å²) in [6, 6.07) is 6.87. The standard InChI is InChI=1S/C14H16N2O3/c1-18-12-4-3-9(7-13(12)19-2)14(17)10-8-16-6-5-11(10)15/h3-8,14,17H,1-2H3,(H2,15,16). The Labute approximate surface area is 111 Å². The molecule has 0 aliphatic rings. The van der Waals surface area contributed by atoms with E-state index in [1.54, 1.807) is 50.9 Å². The molecular weight excluding hydrogens is 244 g/mol. The van der Waals surface area contributed by atoms with E-state index < -0.39 is 6.10 Å². The van der Waals surface area contributed by atoms with E-state index in [0.717, 1.165) is 0 Å². The van der Waals surface area contributed by atoms with Gasteiger partial charge in [0.25, 0.3) is 0 Å².